The number of rotatable bonds is 5. The fourth-order valence-corrected chi connectivity index (χ4v) is 2.83. The zero-order valence-corrected chi connectivity index (χ0v) is 18.5. The predicted octanol–water partition coefficient (Wildman–Crippen LogP) is 2.51. The molecule has 1 aromatic rings. The maximum absolute atomic E-state index is 11.5. The van der Waals surface area contributed by atoms with E-state index in [9.17, 15) is 4.79 Å². The van der Waals surface area contributed by atoms with Gasteiger partial charge in [0.25, 0.3) is 0 Å². The van der Waals surface area contributed by atoms with E-state index in [2.05, 4.69) is 30.1 Å². The molecule has 7 heteroatoms. The summed E-state index contributed by atoms with van der Waals surface area (Å²) in [7, 11) is 0. The van der Waals surface area contributed by atoms with Gasteiger partial charge in [0.05, 0.1) is 6.54 Å². The van der Waals surface area contributed by atoms with Crippen LogP contribution >= 0.6 is 24.0 Å². The zero-order valence-electron chi connectivity index (χ0n) is 16.2. The first-order valence-electron chi connectivity index (χ1n) is 9.01. The van der Waals surface area contributed by atoms with Gasteiger partial charge < -0.3 is 19.9 Å². The average molecular weight is 474 g/mol. The molecule has 0 aromatic heterocycles. The van der Waals surface area contributed by atoms with Gasteiger partial charge in [-0.3, -0.25) is 4.79 Å². The normalized spacial score (nSPS) is 15.9. The molecule has 1 unspecified atom stereocenters. The summed E-state index contributed by atoms with van der Waals surface area (Å²) in [5, 5.41) is 3.34. The third kappa shape index (κ3) is 7.01. The summed E-state index contributed by atoms with van der Waals surface area (Å²) in [6.07, 6.45) is -0.00559. The van der Waals surface area contributed by atoms with Crippen molar-refractivity contribution >= 4 is 35.8 Å². The van der Waals surface area contributed by atoms with Gasteiger partial charge in [-0.15, -0.1) is 24.0 Å². The van der Waals surface area contributed by atoms with Gasteiger partial charge in [0.1, 0.15) is 11.9 Å². The van der Waals surface area contributed by atoms with Gasteiger partial charge >= 0.3 is 0 Å². The number of nitrogens with zero attached hydrogens (tertiary/aromatic N) is 3. The fourth-order valence-electron chi connectivity index (χ4n) is 2.83. The van der Waals surface area contributed by atoms with Crippen molar-refractivity contribution in [2.75, 3.05) is 39.3 Å². The number of halogens is 1. The van der Waals surface area contributed by atoms with Crippen LogP contribution in [0.1, 0.15) is 26.3 Å². The Morgan fingerprint density at radius 2 is 1.92 bits per heavy atom. The second-order valence-corrected chi connectivity index (χ2v) is 6.43. The number of hydrogen-bond donors (Lipinski definition) is 1. The van der Waals surface area contributed by atoms with E-state index in [0.29, 0.717) is 6.54 Å². The Morgan fingerprint density at radius 3 is 2.50 bits per heavy atom. The SMILES string of the molecule is CCNC(=NCC(C)Oc1cccc(C)c1)N1CCN(C(C)=O)CC1.I. The molecule has 1 atom stereocenters. The minimum absolute atomic E-state index is 0. The molecule has 26 heavy (non-hydrogen) atoms. The quantitative estimate of drug-likeness (QED) is 0.405. The first-order chi connectivity index (χ1) is 12.0. The van der Waals surface area contributed by atoms with Gasteiger partial charge in [0, 0.05) is 39.6 Å². The van der Waals surface area contributed by atoms with Crippen LogP contribution in [0.15, 0.2) is 29.3 Å². The largest absolute Gasteiger partial charge is 0.489 e. The van der Waals surface area contributed by atoms with E-state index >= 15 is 0 Å². The van der Waals surface area contributed by atoms with E-state index in [1.165, 1.54) is 5.56 Å². The van der Waals surface area contributed by atoms with Gasteiger partial charge in [0.2, 0.25) is 5.91 Å². The number of benzene rings is 1. The molecule has 0 spiro atoms. The molecule has 2 rings (SSSR count). The van der Waals surface area contributed by atoms with E-state index in [0.717, 1.165) is 44.4 Å². The van der Waals surface area contributed by atoms with Gasteiger partial charge in [-0.05, 0) is 38.5 Å². The fraction of sp³-hybridized carbons (Fsp3) is 0.579. The highest BCUT2D eigenvalue weighted by atomic mass is 127. The molecule has 1 saturated heterocycles. The number of piperazine rings is 1. The lowest BCUT2D eigenvalue weighted by Gasteiger charge is -2.36. The number of carbonyl (C=O) groups is 1. The summed E-state index contributed by atoms with van der Waals surface area (Å²) in [5.41, 5.74) is 1.19. The first kappa shape index (κ1) is 22.5. The number of ether oxygens (including phenoxy) is 1. The lowest BCUT2D eigenvalue weighted by molar-refractivity contribution is -0.130. The van der Waals surface area contributed by atoms with Crippen LogP contribution in [0.2, 0.25) is 0 Å². The van der Waals surface area contributed by atoms with Crippen molar-refractivity contribution in [3.8, 4) is 5.75 Å². The zero-order chi connectivity index (χ0) is 18.2. The van der Waals surface area contributed by atoms with Gasteiger partial charge in [-0.1, -0.05) is 12.1 Å². The van der Waals surface area contributed by atoms with E-state index in [1.54, 1.807) is 6.92 Å². The molecular weight excluding hydrogens is 443 g/mol. The van der Waals surface area contributed by atoms with Crippen LogP contribution in [0.25, 0.3) is 0 Å². The second kappa shape index (κ2) is 11.3. The molecule has 0 saturated carbocycles. The van der Waals surface area contributed by atoms with Crippen molar-refractivity contribution < 1.29 is 9.53 Å². The van der Waals surface area contributed by atoms with Gasteiger partial charge in [-0.2, -0.15) is 0 Å². The van der Waals surface area contributed by atoms with Gasteiger partial charge in [-0.25, -0.2) is 4.99 Å². The Labute approximate surface area is 174 Å². The lowest BCUT2D eigenvalue weighted by atomic mass is 10.2. The molecule has 1 fully saturated rings. The van der Waals surface area contributed by atoms with Crippen LogP contribution in [0.4, 0.5) is 0 Å². The molecule has 0 radical (unpaired) electrons. The molecule has 146 valence electrons. The van der Waals surface area contributed by atoms with Gasteiger partial charge in [0.15, 0.2) is 5.96 Å². The molecule has 1 aliphatic rings. The van der Waals surface area contributed by atoms with Crippen molar-refractivity contribution in [3.05, 3.63) is 29.8 Å². The standard InChI is InChI=1S/C19H30N4O2.HI/c1-5-20-19(23-11-9-22(10-12-23)17(4)24)21-14-16(3)25-18-8-6-7-15(2)13-18;/h6-8,13,16H,5,9-12,14H2,1-4H3,(H,20,21);1H. The molecule has 1 aliphatic heterocycles. The van der Waals surface area contributed by atoms with Crippen LogP contribution in [0.5, 0.6) is 5.75 Å². The molecule has 6 nitrogen and oxygen atoms in total. The first-order valence-corrected chi connectivity index (χ1v) is 9.01. The predicted molar refractivity (Wildman–Crippen MR) is 116 cm³/mol. The molecule has 0 aliphatic carbocycles. The summed E-state index contributed by atoms with van der Waals surface area (Å²) < 4.78 is 5.95. The Kier molecular flexibility index (Phi) is 9.75. The number of carbonyl (C=O) groups excluding carboxylic acids is 1. The van der Waals surface area contributed by atoms with Crippen LogP contribution in [0, 0.1) is 6.92 Å². The topological polar surface area (TPSA) is 57.2 Å². The highest BCUT2D eigenvalue weighted by Crippen LogP contribution is 2.14. The molecular formula is C19H31IN4O2. The number of aryl methyl sites for hydroxylation is 1. The Morgan fingerprint density at radius 1 is 1.27 bits per heavy atom. The lowest BCUT2D eigenvalue weighted by Crippen LogP contribution is -2.53. The second-order valence-electron chi connectivity index (χ2n) is 6.43. The maximum atomic E-state index is 11.5. The molecule has 1 heterocycles. The monoisotopic (exact) mass is 474 g/mol. The summed E-state index contributed by atoms with van der Waals surface area (Å²) in [4.78, 5) is 20.3. The van der Waals surface area contributed by atoms with Crippen molar-refractivity contribution in [2.24, 2.45) is 4.99 Å². The van der Waals surface area contributed by atoms with Crippen LogP contribution < -0.4 is 10.1 Å². The number of nitrogens with one attached hydrogen (secondary N) is 1. The van der Waals surface area contributed by atoms with Crippen LogP contribution in [-0.4, -0.2) is 67.0 Å². The van der Waals surface area contributed by atoms with Crippen molar-refractivity contribution in [2.45, 2.75) is 33.8 Å². The van der Waals surface area contributed by atoms with Crippen molar-refractivity contribution in [1.29, 1.82) is 0 Å². The smallest absolute Gasteiger partial charge is 0.219 e. The summed E-state index contributed by atoms with van der Waals surface area (Å²) in [6, 6.07) is 8.06. The summed E-state index contributed by atoms with van der Waals surface area (Å²) >= 11 is 0. The Bertz CT molecular complexity index is 601. The molecule has 1 amide bonds. The third-order valence-corrected chi connectivity index (χ3v) is 4.18. The van der Waals surface area contributed by atoms with Crippen molar-refractivity contribution in [3.63, 3.8) is 0 Å². The highest BCUT2D eigenvalue weighted by molar-refractivity contribution is 14.0. The summed E-state index contributed by atoms with van der Waals surface area (Å²) in [6.45, 7) is 12.3. The molecule has 0 bridgehead atoms. The third-order valence-electron chi connectivity index (χ3n) is 4.18. The van der Waals surface area contributed by atoms with Crippen molar-refractivity contribution in [1.82, 2.24) is 15.1 Å². The van der Waals surface area contributed by atoms with Crippen LogP contribution in [-0.2, 0) is 4.79 Å². The molecule has 1 aromatic carbocycles. The minimum atomic E-state index is -0.00559. The van der Waals surface area contributed by atoms with E-state index < -0.39 is 0 Å². The Hall–Kier alpha value is -1.51. The Balaban J connectivity index is 0.00000338. The number of aliphatic imine (C=N–C) groups is 1. The number of amides is 1. The van der Waals surface area contributed by atoms with E-state index in [-0.39, 0.29) is 36.0 Å². The number of guanidine groups is 1. The highest BCUT2D eigenvalue weighted by Gasteiger charge is 2.21. The van der Waals surface area contributed by atoms with E-state index in [1.807, 2.05) is 30.0 Å². The van der Waals surface area contributed by atoms with Crippen LogP contribution in [0.3, 0.4) is 0 Å². The number of hydrogen-bond acceptors (Lipinski definition) is 3. The van der Waals surface area contributed by atoms with E-state index in [4.69, 9.17) is 9.73 Å². The summed E-state index contributed by atoms with van der Waals surface area (Å²) in [5.74, 6) is 1.91. The molecule has 1 N–H and O–H groups in total. The maximum Gasteiger partial charge on any atom is 0.219 e. The minimum Gasteiger partial charge on any atom is -0.489 e. The average Bonchev–Trinajstić information content (AvgIpc) is 2.58.